The van der Waals surface area contributed by atoms with Crippen molar-refractivity contribution in [1.29, 1.82) is 0 Å². The van der Waals surface area contributed by atoms with Crippen LogP contribution in [0.3, 0.4) is 0 Å². The molecule has 1 aliphatic rings. The van der Waals surface area contributed by atoms with Crippen molar-refractivity contribution in [3.63, 3.8) is 0 Å². The van der Waals surface area contributed by atoms with E-state index in [1.165, 1.54) is 4.31 Å². The largest absolute Gasteiger partial charge is 0.397 e. The topological polar surface area (TPSA) is 101 Å². The van der Waals surface area contributed by atoms with Gasteiger partial charge in [-0.3, -0.25) is 0 Å². The number of nitrogens with zero attached hydrogens (tertiary/aromatic N) is 2. The zero-order valence-electron chi connectivity index (χ0n) is 11.8. The Morgan fingerprint density at radius 3 is 2.14 bits per heavy atom. The number of anilines is 2. The molecule has 0 radical (unpaired) electrons. The summed E-state index contributed by atoms with van der Waals surface area (Å²) in [4.78, 5) is 2.00. The van der Waals surface area contributed by atoms with Gasteiger partial charge in [-0.15, -0.1) is 0 Å². The molecular formula is C12H19N3O4S2. The maximum Gasteiger partial charge on any atom is 0.228 e. The fourth-order valence-electron chi connectivity index (χ4n) is 2.33. The van der Waals surface area contributed by atoms with Crippen LogP contribution in [0.2, 0.25) is 0 Å². The van der Waals surface area contributed by atoms with E-state index in [1.54, 1.807) is 6.07 Å². The lowest BCUT2D eigenvalue weighted by Crippen LogP contribution is -2.50. The summed E-state index contributed by atoms with van der Waals surface area (Å²) in [7, 11) is -7.34. The van der Waals surface area contributed by atoms with Crippen molar-refractivity contribution < 1.29 is 16.8 Å². The number of sulfonamides is 1. The third-order valence-electron chi connectivity index (χ3n) is 3.27. The highest BCUT2D eigenvalue weighted by Crippen LogP contribution is 2.24. The van der Waals surface area contributed by atoms with Gasteiger partial charge in [-0.05, 0) is 12.1 Å². The lowest BCUT2D eigenvalue weighted by Gasteiger charge is -2.35. The van der Waals surface area contributed by atoms with Crippen LogP contribution in [0.1, 0.15) is 0 Å². The maximum absolute atomic E-state index is 12.0. The summed E-state index contributed by atoms with van der Waals surface area (Å²) in [5.41, 5.74) is 7.42. The molecule has 1 aromatic carbocycles. The van der Waals surface area contributed by atoms with E-state index < -0.39 is 24.9 Å². The molecule has 9 heteroatoms. The Hall–Kier alpha value is -1.32. The molecule has 2 rings (SSSR count). The van der Waals surface area contributed by atoms with Crippen molar-refractivity contribution in [2.45, 2.75) is 0 Å². The second-order valence-electron chi connectivity index (χ2n) is 5.10. The van der Waals surface area contributed by atoms with Crippen molar-refractivity contribution in [2.24, 2.45) is 0 Å². The summed E-state index contributed by atoms with van der Waals surface area (Å²) in [6.45, 7) is 1.48. The van der Waals surface area contributed by atoms with Crippen LogP contribution in [0, 0.1) is 0 Å². The van der Waals surface area contributed by atoms with Gasteiger partial charge in [-0.2, -0.15) is 4.31 Å². The Balaban J connectivity index is 2.06. The molecule has 0 amide bonds. The van der Waals surface area contributed by atoms with E-state index in [9.17, 15) is 16.8 Å². The Kier molecular flexibility index (Phi) is 4.45. The summed E-state index contributed by atoms with van der Waals surface area (Å²) >= 11 is 0. The first-order valence-electron chi connectivity index (χ1n) is 6.44. The van der Waals surface area contributed by atoms with Crippen LogP contribution in [0.5, 0.6) is 0 Å². The van der Waals surface area contributed by atoms with Crippen molar-refractivity contribution in [3.05, 3.63) is 24.3 Å². The number of nitrogens with two attached hydrogens (primary N) is 1. The van der Waals surface area contributed by atoms with E-state index in [-0.39, 0.29) is 13.1 Å². The van der Waals surface area contributed by atoms with Gasteiger partial charge in [0.05, 0.1) is 11.4 Å². The molecule has 0 saturated carbocycles. The molecule has 118 valence electrons. The summed E-state index contributed by atoms with van der Waals surface area (Å²) < 4.78 is 47.6. The minimum atomic E-state index is -3.77. The first kappa shape index (κ1) is 16.1. The van der Waals surface area contributed by atoms with Gasteiger partial charge >= 0.3 is 0 Å². The third-order valence-corrected chi connectivity index (χ3v) is 7.33. The molecule has 7 nitrogen and oxygen atoms in total. The van der Waals surface area contributed by atoms with Crippen molar-refractivity contribution in [2.75, 3.05) is 48.2 Å². The fraction of sp³-hybridized carbons (Fsp3) is 0.500. The summed E-state index contributed by atoms with van der Waals surface area (Å²) in [5, 5.41) is -0.840. The van der Waals surface area contributed by atoms with Gasteiger partial charge < -0.3 is 10.6 Å². The van der Waals surface area contributed by atoms with Gasteiger partial charge in [0.15, 0.2) is 14.9 Å². The van der Waals surface area contributed by atoms with Crippen LogP contribution in [0.4, 0.5) is 11.4 Å². The van der Waals surface area contributed by atoms with Gasteiger partial charge in [-0.25, -0.2) is 16.8 Å². The molecule has 1 aliphatic heterocycles. The number of sulfone groups is 1. The molecule has 1 fully saturated rings. The number of rotatable bonds is 4. The number of nitrogen functional groups attached to an aromatic ring is 1. The van der Waals surface area contributed by atoms with Gasteiger partial charge in [-0.1, -0.05) is 12.1 Å². The highest BCUT2D eigenvalue weighted by Gasteiger charge is 2.30. The zero-order valence-corrected chi connectivity index (χ0v) is 13.4. The third kappa shape index (κ3) is 4.08. The standard InChI is InChI=1S/C12H19N3O4S2/c1-20(16,17)10-21(18,19)15-8-6-14(7-9-15)12-5-3-2-4-11(12)13/h2-5H,6-10,13H2,1H3. The molecule has 1 aromatic rings. The summed E-state index contributed by atoms with van der Waals surface area (Å²) in [5.74, 6) is 0. The lowest BCUT2D eigenvalue weighted by molar-refractivity contribution is 0.387. The summed E-state index contributed by atoms with van der Waals surface area (Å²) in [6.07, 6.45) is 0.922. The highest BCUT2D eigenvalue weighted by molar-refractivity contribution is 8.06. The van der Waals surface area contributed by atoms with Gasteiger partial charge in [0, 0.05) is 32.4 Å². The molecule has 0 atom stereocenters. The highest BCUT2D eigenvalue weighted by atomic mass is 32.3. The van der Waals surface area contributed by atoms with E-state index in [0.29, 0.717) is 18.8 Å². The van der Waals surface area contributed by atoms with Gasteiger partial charge in [0.2, 0.25) is 10.0 Å². The predicted molar refractivity (Wildman–Crippen MR) is 83.3 cm³/mol. The number of para-hydroxylation sites is 2. The lowest BCUT2D eigenvalue weighted by atomic mass is 10.2. The quantitative estimate of drug-likeness (QED) is 0.761. The molecule has 0 bridgehead atoms. The zero-order chi connectivity index (χ0) is 15.7. The Labute approximate surface area is 125 Å². The normalized spacial score (nSPS) is 17.9. The van der Waals surface area contributed by atoms with Crippen molar-refractivity contribution in [1.82, 2.24) is 4.31 Å². The fourth-order valence-corrected chi connectivity index (χ4v) is 5.81. The average Bonchev–Trinajstić information content (AvgIpc) is 2.37. The molecule has 0 aromatic heterocycles. The molecule has 0 aliphatic carbocycles. The molecule has 0 spiro atoms. The number of hydrogen-bond donors (Lipinski definition) is 1. The summed E-state index contributed by atoms with van der Waals surface area (Å²) in [6, 6.07) is 7.39. The van der Waals surface area contributed by atoms with Crippen LogP contribution in [0.15, 0.2) is 24.3 Å². The van der Waals surface area contributed by atoms with Crippen molar-refractivity contribution in [3.8, 4) is 0 Å². The maximum atomic E-state index is 12.0. The Morgan fingerprint density at radius 1 is 1.05 bits per heavy atom. The molecular weight excluding hydrogens is 314 g/mol. The van der Waals surface area contributed by atoms with E-state index >= 15 is 0 Å². The molecule has 2 N–H and O–H groups in total. The van der Waals surface area contributed by atoms with Crippen molar-refractivity contribution >= 4 is 31.2 Å². The second-order valence-corrected chi connectivity index (χ2v) is 9.57. The first-order valence-corrected chi connectivity index (χ1v) is 10.1. The first-order chi connectivity index (χ1) is 9.69. The van der Waals surface area contributed by atoms with E-state index in [0.717, 1.165) is 11.9 Å². The SMILES string of the molecule is CS(=O)(=O)CS(=O)(=O)N1CCN(c2ccccc2N)CC1. The molecule has 1 heterocycles. The second kappa shape index (κ2) is 5.82. The van der Waals surface area contributed by atoms with Crippen LogP contribution < -0.4 is 10.6 Å². The van der Waals surface area contributed by atoms with E-state index in [1.807, 2.05) is 23.1 Å². The smallest absolute Gasteiger partial charge is 0.228 e. The monoisotopic (exact) mass is 333 g/mol. The number of piperazine rings is 1. The van der Waals surface area contributed by atoms with E-state index in [4.69, 9.17) is 5.73 Å². The van der Waals surface area contributed by atoms with Crippen LogP contribution in [-0.2, 0) is 19.9 Å². The number of hydrogen-bond acceptors (Lipinski definition) is 6. The molecule has 21 heavy (non-hydrogen) atoms. The van der Waals surface area contributed by atoms with Gasteiger partial charge in [0.25, 0.3) is 0 Å². The van der Waals surface area contributed by atoms with Crippen LogP contribution >= 0.6 is 0 Å². The molecule has 0 unspecified atom stereocenters. The Morgan fingerprint density at radius 2 is 1.62 bits per heavy atom. The van der Waals surface area contributed by atoms with Gasteiger partial charge in [0.1, 0.15) is 0 Å². The average molecular weight is 333 g/mol. The Bertz CT molecular complexity index is 708. The minimum Gasteiger partial charge on any atom is -0.397 e. The van der Waals surface area contributed by atoms with Crippen LogP contribution in [-0.4, -0.2) is 58.7 Å². The minimum absolute atomic E-state index is 0.256. The number of benzene rings is 1. The molecule has 1 saturated heterocycles. The van der Waals surface area contributed by atoms with Crippen LogP contribution in [0.25, 0.3) is 0 Å². The van der Waals surface area contributed by atoms with E-state index in [2.05, 4.69) is 0 Å². The predicted octanol–water partition coefficient (Wildman–Crippen LogP) is -0.277.